The first kappa shape index (κ1) is 18.1. The fraction of sp³-hybridized carbons (Fsp3) is 0.409. The molecule has 0 aliphatic carbocycles. The Balaban J connectivity index is 1.67. The molecule has 0 saturated carbocycles. The van der Waals surface area contributed by atoms with Crippen LogP contribution in [0, 0.1) is 11.6 Å². The summed E-state index contributed by atoms with van der Waals surface area (Å²) in [5.41, 5.74) is 2.62. The summed E-state index contributed by atoms with van der Waals surface area (Å²) in [6.07, 6.45) is 4.02. The molecule has 142 valence electrons. The van der Waals surface area contributed by atoms with Crippen LogP contribution in [-0.4, -0.2) is 32.1 Å². The van der Waals surface area contributed by atoms with Gasteiger partial charge in [-0.1, -0.05) is 18.2 Å². The van der Waals surface area contributed by atoms with Crippen molar-refractivity contribution in [2.75, 3.05) is 31.1 Å². The minimum atomic E-state index is -0.333. The summed E-state index contributed by atoms with van der Waals surface area (Å²) in [7, 11) is 0. The van der Waals surface area contributed by atoms with Crippen LogP contribution in [0.2, 0.25) is 0 Å². The number of quaternary nitrogens is 1. The van der Waals surface area contributed by atoms with E-state index in [2.05, 4.69) is 0 Å². The van der Waals surface area contributed by atoms with Crippen LogP contribution in [0.25, 0.3) is 0 Å². The van der Waals surface area contributed by atoms with E-state index in [1.54, 1.807) is 23.1 Å². The Labute approximate surface area is 158 Å². The molecule has 0 radical (unpaired) electrons. The van der Waals surface area contributed by atoms with Gasteiger partial charge in [0.1, 0.15) is 11.6 Å². The van der Waals surface area contributed by atoms with Gasteiger partial charge in [-0.25, -0.2) is 8.78 Å². The van der Waals surface area contributed by atoms with Crippen LogP contribution in [0.1, 0.15) is 42.7 Å². The van der Waals surface area contributed by atoms with Gasteiger partial charge in [-0.3, -0.25) is 4.79 Å². The van der Waals surface area contributed by atoms with E-state index in [0.717, 1.165) is 37.1 Å². The number of carbonyl (C=O) groups is 1. The molecule has 0 spiro atoms. The predicted molar refractivity (Wildman–Crippen MR) is 101 cm³/mol. The Morgan fingerprint density at radius 1 is 1.00 bits per heavy atom. The highest BCUT2D eigenvalue weighted by molar-refractivity contribution is 5.95. The highest BCUT2D eigenvalue weighted by atomic mass is 19.1. The zero-order valence-electron chi connectivity index (χ0n) is 15.4. The fourth-order valence-corrected chi connectivity index (χ4v) is 4.44. The van der Waals surface area contributed by atoms with E-state index in [4.69, 9.17) is 0 Å². The zero-order chi connectivity index (χ0) is 18.8. The molecule has 0 aromatic heterocycles. The summed E-state index contributed by atoms with van der Waals surface area (Å²) in [6, 6.07) is 11.2. The lowest BCUT2D eigenvalue weighted by Crippen LogP contribution is -3.11. The van der Waals surface area contributed by atoms with E-state index in [0.29, 0.717) is 18.8 Å². The predicted octanol–water partition coefficient (Wildman–Crippen LogP) is 2.90. The molecule has 1 fully saturated rings. The highest BCUT2D eigenvalue weighted by Gasteiger charge is 2.30. The number of nitrogens with one attached hydrogen (secondary N) is 1. The zero-order valence-corrected chi connectivity index (χ0v) is 15.4. The van der Waals surface area contributed by atoms with Gasteiger partial charge in [0.05, 0.1) is 18.8 Å². The number of fused-ring (bicyclic) bond motifs is 1. The van der Waals surface area contributed by atoms with Gasteiger partial charge in [0.15, 0.2) is 6.54 Å². The molecule has 3 nitrogen and oxygen atoms in total. The standard InChI is InChI=1S/C22H24F2N2O/c23-17-7-5-16(6-8-17)19-4-3-13-26(21-14-18(24)9-10-20(19)21)22(27)15-25-11-1-2-12-25/h5-10,14,19H,1-4,11-13,15H2/p+1/t19-/m1/s1. The molecule has 2 aliphatic rings. The molecule has 5 heteroatoms. The summed E-state index contributed by atoms with van der Waals surface area (Å²) in [5.74, 6) is -0.492. The molecular weight excluding hydrogens is 346 g/mol. The topological polar surface area (TPSA) is 24.8 Å². The Morgan fingerprint density at radius 3 is 2.44 bits per heavy atom. The van der Waals surface area contributed by atoms with Gasteiger partial charge in [0.25, 0.3) is 5.91 Å². The molecule has 0 bridgehead atoms. The minimum Gasteiger partial charge on any atom is -0.327 e. The van der Waals surface area contributed by atoms with Crippen molar-refractivity contribution in [3.8, 4) is 0 Å². The van der Waals surface area contributed by atoms with Gasteiger partial charge in [0, 0.05) is 25.3 Å². The molecule has 1 atom stereocenters. The van der Waals surface area contributed by atoms with Gasteiger partial charge in [-0.05, 0) is 48.2 Å². The molecule has 2 heterocycles. The smallest absolute Gasteiger partial charge is 0.282 e. The number of hydrogen-bond acceptors (Lipinski definition) is 1. The number of rotatable bonds is 3. The number of likely N-dealkylation sites (tertiary alicyclic amines) is 1. The lowest BCUT2D eigenvalue weighted by molar-refractivity contribution is -0.878. The van der Waals surface area contributed by atoms with Crippen molar-refractivity contribution in [2.24, 2.45) is 0 Å². The lowest BCUT2D eigenvalue weighted by atomic mass is 9.87. The summed E-state index contributed by atoms with van der Waals surface area (Å²) in [5, 5.41) is 0. The lowest BCUT2D eigenvalue weighted by Gasteiger charge is -2.25. The quantitative estimate of drug-likeness (QED) is 0.882. The van der Waals surface area contributed by atoms with Crippen LogP contribution < -0.4 is 9.80 Å². The molecule has 1 saturated heterocycles. The first-order chi connectivity index (χ1) is 13.1. The van der Waals surface area contributed by atoms with Crippen molar-refractivity contribution in [2.45, 2.75) is 31.6 Å². The summed E-state index contributed by atoms with van der Waals surface area (Å²) in [6.45, 7) is 3.14. The molecular formula is C22H25F2N2O+. The maximum atomic E-state index is 14.1. The van der Waals surface area contributed by atoms with E-state index in [1.165, 1.54) is 42.0 Å². The molecule has 0 unspecified atom stereocenters. The molecule has 1 N–H and O–H groups in total. The van der Waals surface area contributed by atoms with Crippen LogP contribution in [0.3, 0.4) is 0 Å². The van der Waals surface area contributed by atoms with Crippen LogP contribution in [-0.2, 0) is 4.79 Å². The molecule has 2 aliphatic heterocycles. The second-order valence-corrected chi connectivity index (χ2v) is 7.63. The molecule has 2 aromatic carbocycles. The third-order valence-corrected chi connectivity index (χ3v) is 5.82. The number of benzene rings is 2. The van der Waals surface area contributed by atoms with E-state index in [9.17, 15) is 13.6 Å². The maximum Gasteiger partial charge on any atom is 0.282 e. The van der Waals surface area contributed by atoms with Crippen LogP contribution in [0.4, 0.5) is 14.5 Å². The van der Waals surface area contributed by atoms with E-state index >= 15 is 0 Å². The summed E-state index contributed by atoms with van der Waals surface area (Å²) < 4.78 is 27.4. The molecule has 2 aromatic rings. The Kier molecular flexibility index (Phi) is 5.21. The molecule has 4 rings (SSSR count). The van der Waals surface area contributed by atoms with Gasteiger partial charge < -0.3 is 9.80 Å². The first-order valence-electron chi connectivity index (χ1n) is 9.80. The van der Waals surface area contributed by atoms with Crippen LogP contribution in [0.5, 0.6) is 0 Å². The SMILES string of the molecule is O=C(C[NH+]1CCCC1)N1CCC[C@H](c2ccc(F)cc2)c2ccc(F)cc21. The van der Waals surface area contributed by atoms with Crippen molar-refractivity contribution < 1.29 is 18.5 Å². The average molecular weight is 371 g/mol. The highest BCUT2D eigenvalue weighted by Crippen LogP contribution is 2.39. The second kappa shape index (κ2) is 7.77. The largest absolute Gasteiger partial charge is 0.327 e. The number of carbonyl (C=O) groups excluding carboxylic acids is 1. The first-order valence-corrected chi connectivity index (χ1v) is 9.80. The van der Waals surface area contributed by atoms with E-state index < -0.39 is 0 Å². The van der Waals surface area contributed by atoms with Gasteiger partial charge in [0.2, 0.25) is 0 Å². The van der Waals surface area contributed by atoms with Crippen molar-refractivity contribution in [3.63, 3.8) is 0 Å². The number of halogens is 2. The number of amides is 1. The monoisotopic (exact) mass is 371 g/mol. The maximum absolute atomic E-state index is 14.1. The Morgan fingerprint density at radius 2 is 1.70 bits per heavy atom. The van der Waals surface area contributed by atoms with Crippen LogP contribution >= 0.6 is 0 Å². The van der Waals surface area contributed by atoms with E-state index in [1.807, 2.05) is 0 Å². The average Bonchev–Trinajstić information content (AvgIpc) is 3.09. The minimum absolute atomic E-state index is 0.0399. The molecule has 1 amide bonds. The third-order valence-electron chi connectivity index (χ3n) is 5.82. The van der Waals surface area contributed by atoms with E-state index in [-0.39, 0.29) is 23.5 Å². The second-order valence-electron chi connectivity index (χ2n) is 7.63. The third kappa shape index (κ3) is 3.88. The summed E-state index contributed by atoms with van der Waals surface area (Å²) >= 11 is 0. The summed E-state index contributed by atoms with van der Waals surface area (Å²) in [4.78, 5) is 16.1. The van der Waals surface area contributed by atoms with Crippen molar-refractivity contribution >= 4 is 11.6 Å². The number of nitrogens with zero attached hydrogens (tertiary/aromatic N) is 1. The van der Waals surface area contributed by atoms with Gasteiger partial charge in [-0.2, -0.15) is 0 Å². The Hall–Kier alpha value is -2.27. The van der Waals surface area contributed by atoms with Gasteiger partial charge >= 0.3 is 0 Å². The molecule has 27 heavy (non-hydrogen) atoms. The van der Waals surface area contributed by atoms with Gasteiger partial charge in [-0.15, -0.1) is 0 Å². The van der Waals surface area contributed by atoms with Crippen molar-refractivity contribution in [1.82, 2.24) is 0 Å². The number of anilines is 1. The normalized spacial score (nSPS) is 20.4. The fourth-order valence-electron chi connectivity index (χ4n) is 4.44. The van der Waals surface area contributed by atoms with Crippen molar-refractivity contribution in [1.29, 1.82) is 0 Å². The van der Waals surface area contributed by atoms with Crippen LogP contribution in [0.15, 0.2) is 42.5 Å². The Bertz CT molecular complexity index is 816. The number of hydrogen-bond donors (Lipinski definition) is 1. The van der Waals surface area contributed by atoms with Crippen molar-refractivity contribution in [3.05, 3.63) is 65.2 Å².